The predicted molar refractivity (Wildman–Crippen MR) is 212 cm³/mol. The smallest absolute Gasteiger partial charge is 0.417 e. The zero-order valence-electron chi connectivity index (χ0n) is 32.5. The fourth-order valence-electron chi connectivity index (χ4n) is 7.73. The Labute approximate surface area is 339 Å². The summed E-state index contributed by atoms with van der Waals surface area (Å²) in [6, 6.07) is 14.5. The van der Waals surface area contributed by atoms with Gasteiger partial charge in [-0.25, -0.2) is 4.39 Å². The Bertz CT molecular complexity index is 2160. The third-order valence-corrected chi connectivity index (χ3v) is 11.2. The number of nitrogens with zero attached hydrogens (tertiary/aromatic N) is 5. The number of piperidine rings is 1. The molecule has 11 nitrogen and oxygen atoms in total. The average molecular weight is 821 g/mol. The summed E-state index contributed by atoms with van der Waals surface area (Å²) in [5.41, 5.74) is -0.412. The number of aryl methyl sites for hydroxylation is 1. The maximum Gasteiger partial charge on any atom is 0.417 e. The molecule has 0 aliphatic carbocycles. The first kappa shape index (κ1) is 42.4. The molecule has 3 aliphatic rings. The van der Waals surface area contributed by atoms with Gasteiger partial charge in [0.1, 0.15) is 23.7 Å². The molecule has 0 spiro atoms. The second kappa shape index (κ2) is 17.3. The summed E-state index contributed by atoms with van der Waals surface area (Å²) >= 11 is 5.70. The number of Topliss-reactive ketones (excluding diaryl/α,β-unsaturated/α-hetero) is 1. The molecule has 3 heterocycles. The monoisotopic (exact) mass is 820 g/mol. The second-order valence-corrected chi connectivity index (χ2v) is 15.7. The molecule has 3 aromatic rings. The van der Waals surface area contributed by atoms with Gasteiger partial charge in [0.2, 0.25) is 11.8 Å². The molecule has 16 heteroatoms. The van der Waals surface area contributed by atoms with E-state index in [1.807, 2.05) is 13.0 Å². The number of ether oxygens (including phenoxy) is 1. The minimum atomic E-state index is -4.80. The lowest BCUT2D eigenvalue weighted by Gasteiger charge is -2.34. The van der Waals surface area contributed by atoms with Crippen LogP contribution >= 0.6 is 12.2 Å². The van der Waals surface area contributed by atoms with Crippen LogP contribution in [0.1, 0.15) is 61.4 Å². The van der Waals surface area contributed by atoms with E-state index in [2.05, 4.69) is 15.1 Å². The molecule has 0 aromatic heterocycles. The number of thiocarbonyl (C=S) groups is 1. The van der Waals surface area contributed by atoms with Crippen molar-refractivity contribution in [2.24, 2.45) is 5.92 Å². The van der Waals surface area contributed by atoms with Crippen molar-refractivity contribution in [2.75, 3.05) is 55.7 Å². The van der Waals surface area contributed by atoms with Gasteiger partial charge in [-0.1, -0.05) is 13.0 Å². The summed E-state index contributed by atoms with van der Waals surface area (Å²) in [5, 5.41) is 11.6. The zero-order valence-corrected chi connectivity index (χ0v) is 33.3. The highest BCUT2D eigenvalue weighted by molar-refractivity contribution is 7.81. The molecular formula is C42H44F4N6O5S. The third-order valence-electron chi connectivity index (χ3n) is 10.8. The van der Waals surface area contributed by atoms with Gasteiger partial charge in [-0.05, 0) is 111 Å². The molecule has 6 rings (SSSR count). The predicted octanol–water partition coefficient (Wildman–Crippen LogP) is 5.60. The number of benzene rings is 3. The van der Waals surface area contributed by atoms with Crippen LogP contribution in [0.4, 0.5) is 28.9 Å². The van der Waals surface area contributed by atoms with Crippen molar-refractivity contribution in [1.29, 1.82) is 5.26 Å². The van der Waals surface area contributed by atoms with Gasteiger partial charge in [0.25, 0.3) is 5.91 Å². The lowest BCUT2D eigenvalue weighted by Crippen LogP contribution is -2.48. The van der Waals surface area contributed by atoms with Gasteiger partial charge in [-0.3, -0.25) is 39.2 Å². The standard InChI is InChI=1S/C42H44F4N6O5S/c1-4-28-22-33(52-40(58)51(39(56)41(52,2)3)32-7-5-30(24-47)35(23-32)42(44,45)46)8-9-36(28)57-16-15-49-11-13-50(14-12-49)25-34(53)21-27-17-26(19-31(43)20-27)18-29-6-10-37(54)48-38(29)55/h5,7-9,17,19-20,22-23,29H,4,6,10-16,18,21,25H2,1-3H3,(H,48,54,55). The number of carbonyl (C=O) groups excluding carboxylic acids is 4. The molecule has 3 aliphatic heterocycles. The van der Waals surface area contributed by atoms with Crippen LogP contribution in [0.3, 0.4) is 0 Å². The Morgan fingerprint density at radius 1 is 0.983 bits per heavy atom. The number of nitrogens with one attached hydrogen (secondary N) is 1. The van der Waals surface area contributed by atoms with E-state index in [-0.39, 0.29) is 47.8 Å². The molecule has 0 saturated carbocycles. The number of rotatable bonds is 13. The first-order chi connectivity index (χ1) is 27.5. The summed E-state index contributed by atoms with van der Waals surface area (Å²) in [6.07, 6.45) is -3.19. The van der Waals surface area contributed by atoms with Crippen molar-refractivity contribution >= 4 is 52.2 Å². The third kappa shape index (κ3) is 9.38. The van der Waals surface area contributed by atoms with E-state index in [1.165, 1.54) is 18.2 Å². The van der Waals surface area contributed by atoms with E-state index < -0.39 is 40.5 Å². The highest BCUT2D eigenvalue weighted by atomic mass is 32.1. The summed E-state index contributed by atoms with van der Waals surface area (Å²) in [6.45, 7) is 9.32. The van der Waals surface area contributed by atoms with E-state index in [9.17, 15) is 42.0 Å². The average Bonchev–Trinajstić information content (AvgIpc) is 3.34. The highest BCUT2D eigenvalue weighted by Gasteiger charge is 2.51. The largest absolute Gasteiger partial charge is 0.492 e. The van der Waals surface area contributed by atoms with Gasteiger partial charge in [-0.2, -0.15) is 18.4 Å². The molecule has 306 valence electrons. The van der Waals surface area contributed by atoms with Crippen LogP contribution < -0.4 is 19.9 Å². The van der Waals surface area contributed by atoms with Crippen LogP contribution in [0.5, 0.6) is 5.75 Å². The van der Waals surface area contributed by atoms with E-state index in [0.29, 0.717) is 68.1 Å². The van der Waals surface area contributed by atoms with Crippen molar-refractivity contribution in [3.8, 4) is 11.8 Å². The summed E-state index contributed by atoms with van der Waals surface area (Å²) in [5.74, 6) is -1.44. The van der Waals surface area contributed by atoms with Gasteiger partial charge in [0, 0.05) is 57.2 Å². The molecule has 3 fully saturated rings. The van der Waals surface area contributed by atoms with E-state index in [4.69, 9.17) is 17.0 Å². The number of piperazine rings is 1. The fraction of sp³-hybridized carbons (Fsp3) is 0.429. The molecule has 3 saturated heterocycles. The van der Waals surface area contributed by atoms with Crippen LogP contribution in [0.2, 0.25) is 0 Å². The SMILES string of the molecule is CCc1cc(N2C(=S)N(c3ccc(C#N)c(C(F)(F)F)c3)C(=O)C2(C)C)ccc1OCCN1CCN(CC(=O)Cc2cc(F)cc(CC3CCC(=O)NC3=O)c2)CC1. The van der Waals surface area contributed by atoms with E-state index in [1.54, 1.807) is 43.0 Å². The summed E-state index contributed by atoms with van der Waals surface area (Å²) < 4.78 is 61.9. The minimum Gasteiger partial charge on any atom is -0.492 e. The molecule has 1 atom stereocenters. The molecule has 3 amide bonds. The molecule has 58 heavy (non-hydrogen) atoms. The minimum absolute atomic E-state index is 0.00882. The van der Waals surface area contributed by atoms with Crippen LogP contribution in [0.25, 0.3) is 0 Å². The normalized spacial score (nSPS) is 19.0. The Morgan fingerprint density at radius 2 is 1.67 bits per heavy atom. The number of hydrogen-bond donors (Lipinski definition) is 1. The Morgan fingerprint density at radius 3 is 2.34 bits per heavy atom. The van der Waals surface area contributed by atoms with Gasteiger partial charge in [-0.15, -0.1) is 0 Å². The molecule has 3 aromatic carbocycles. The lowest BCUT2D eigenvalue weighted by molar-refractivity contribution is -0.138. The molecule has 0 radical (unpaired) electrons. The fourth-order valence-corrected chi connectivity index (χ4v) is 8.25. The first-order valence-corrected chi connectivity index (χ1v) is 19.5. The number of imide groups is 1. The molecular weight excluding hydrogens is 777 g/mol. The van der Waals surface area contributed by atoms with Crippen molar-refractivity contribution in [2.45, 2.75) is 64.6 Å². The number of anilines is 2. The van der Waals surface area contributed by atoms with Crippen LogP contribution in [-0.2, 0) is 44.6 Å². The maximum atomic E-state index is 14.5. The number of ketones is 1. The number of alkyl halides is 3. The zero-order chi connectivity index (χ0) is 41.9. The van der Waals surface area contributed by atoms with Crippen molar-refractivity contribution < 1.29 is 41.5 Å². The van der Waals surface area contributed by atoms with E-state index in [0.717, 1.165) is 35.7 Å². The first-order valence-electron chi connectivity index (χ1n) is 19.1. The highest BCUT2D eigenvalue weighted by Crippen LogP contribution is 2.40. The number of halogens is 4. The number of carbonyl (C=O) groups is 4. The quantitative estimate of drug-likeness (QED) is 0.132. The Hall–Kier alpha value is -5.24. The summed E-state index contributed by atoms with van der Waals surface area (Å²) in [4.78, 5) is 57.3. The van der Waals surface area contributed by atoms with Crippen molar-refractivity contribution in [3.05, 3.63) is 88.2 Å². The lowest BCUT2D eigenvalue weighted by atomic mass is 9.90. The second-order valence-electron chi connectivity index (χ2n) is 15.3. The summed E-state index contributed by atoms with van der Waals surface area (Å²) in [7, 11) is 0. The van der Waals surface area contributed by atoms with Crippen molar-refractivity contribution in [1.82, 2.24) is 15.1 Å². The van der Waals surface area contributed by atoms with Crippen LogP contribution in [0.15, 0.2) is 54.6 Å². The number of hydrogen-bond acceptors (Lipinski definition) is 9. The van der Waals surface area contributed by atoms with E-state index >= 15 is 0 Å². The van der Waals surface area contributed by atoms with Crippen LogP contribution in [0, 0.1) is 23.1 Å². The Kier molecular flexibility index (Phi) is 12.6. The number of amides is 3. The molecule has 1 unspecified atom stereocenters. The molecule has 0 bridgehead atoms. The van der Waals surface area contributed by atoms with Crippen LogP contribution in [-0.4, -0.2) is 89.8 Å². The van der Waals surface area contributed by atoms with Gasteiger partial charge in [0.05, 0.1) is 29.4 Å². The van der Waals surface area contributed by atoms with Gasteiger partial charge in [0.15, 0.2) is 10.9 Å². The van der Waals surface area contributed by atoms with Gasteiger partial charge < -0.3 is 9.64 Å². The number of nitriles is 1. The van der Waals surface area contributed by atoms with Gasteiger partial charge >= 0.3 is 6.18 Å². The molecule has 1 N–H and O–H groups in total. The van der Waals surface area contributed by atoms with Crippen molar-refractivity contribution in [3.63, 3.8) is 0 Å². The maximum absolute atomic E-state index is 14.5. The topological polar surface area (TPSA) is 126 Å². The Balaban J connectivity index is 1.00.